The summed E-state index contributed by atoms with van der Waals surface area (Å²) in [5.74, 6) is 0.371. The van der Waals surface area contributed by atoms with Crippen molar-refractivity contribution in [1.29, 1.82) is 0 Å². The molecule has 1 fully saturated rings. The van der Waals surface area contributed by atoms with Crippen LogP contribution in [0.15, 0.2) is 35.2 Å². The molecule has 110 valence electrons. The maximum Gasteiger partial charge on any atom is 0.253 e. The van der Waals surface area contributed by atoms with Gasteiger partial charge >= 0.3 is 0 Å². The van der Waals surface area contributed by atoms with E-state index in [-0.39, 0.29) is 12.0 Å². The molecule has 2 atom stereocenters. The van der Waals surface area contributed by atoms with Gasteiger partial charge in [-0.1, -0.05) is 5.16 Å². The summed E-state index contributed by atoms with van der Waals surface area (Å²) in [5, 5.41) is 6.58. The first kappa shape index (κ1) is 13.7. The lowest BCUT2D eigenvalue weighted by molar-refractivity contribution is -0.126. The number of benzene rings is 1. The molecule has 0 aliphatic carbocycles. The van der Waals surface area contributed by atoms with E-state index in [9.17, 15) is 4.79 Å². The molecule has 21 heavy (non-hydrogen) atoms. The summed E-state index contributed by atoms with van der Waals surface area (Å²) < 4.78 is 10.3. The van der Waals surface area contributed by atoms with Crippen molar-refractivity contribution in [3.8, 4) is 11.4 Å². The number of hydrogen-bond acceptors (Lipinski definition) is 6. The summed E-state index contributed by atoms with van der Waals surface area (Å²) in [6, 6.07) is 7.22. The molecule has 7 nitrogen and oxygen atoms in total. The fourth-order valence-electron chi connectivity index (χ4n) is 2.30. The predicted molar refractivity (Wildman–Crippen MR) is 75.3 cm³/mol. The number of carbonyl (C=O) groups is 1. The summed E-state index contributed by atoms with van der Waals surface area (Å²) in [5.41, 5.74) is 7.06. The highest BCUT2D eigenvalue weighted by molar-refractivity contribution is 5.94. The lowest BCUT2D eigenvalue weighted by Gasteiger charge is -2.12. The number of ether oxygens (including phenoxy) is 1. The molecule has 3 N–H and O–H groups in total. The van der Waals surface area contributed by atoms with Gasteiger partial charge in [-0.3, -0.25) is 4.79 Å². The minimum atomic E-state index is -0.421. The molecule has 0 saturated carbocycles. The third-order valence-electron chi connectivity index (χ3n) is 3.43. The van der Waals surface area contributed by atoms with Gasteiger partial charge in [-0.25, -0.2) is 0 Å². The summed E-state index contributed by atoms with van der Waals surface area (Å²) in [7, 11) is 0. The van der Waals surface area contributed by atoms with Crippen LogP contribution in [-0.2, 0) is 9.53 Å². The number of nitrogens with one attached hydrogen (secondary N) is 1. The molecule has 0 unspecified atom stereocenters. The van der Waals surface area contributed by atoms with Crippen molar-refractivity contribution in [1.82, 2.24) is 10.1 Å². The van der Waals surface area contributed by atoms with E-state index < -0.39 is 6.10 Å². The summed E-state index contributed by atoms with van der Waals surface area (Å²) >= 11 is 0. The second kappa shape index (κ2) is 6.02. The molecule has 0 bridgehead atoms. The van der Waals surface area contributed by atoms with Crippen molar-refractivity contribution in [2.75, 3.05) is 11.9 Å². The second-order valence-corrected chi connectivity index (χ2v) is 4.88. The van der Waals surface area contributed by atoms with Crippen LogP contribution in [0, 0.1) is 0 Å². The van der Waals surface area contributed by atoms with Crippen LogP contribution in [0.1, 0.15) is 12.8 Å². The topological polar surface area (TPSA) is 103 Å². The van der Waals surface area contributed by atoms with Crippen LogP contribution in [0.4, 0.5) is 5.69 Å². The summed E-state index contributed by atoms with van der Waals surface area (Å²) in [6.45, 7) is 0.448. The minimum absolute atomic E-state index is 0.0126. The average molecular weight is 288 g/mol. The van der Waals surface area contributed by atoms with Gasteiger partial charge < -0.3 is 20.3 Å². The smallest absolute Gasteiger partial charge is 0.253 e. The maximum absolute atomic E-state index is 12.1. The molecule has 0 spiro atoms. The molecule has 2 aromatic rings. The minimum Gasteiger partial charge on any atom is -0.364 e. The van der Waals surface area contributed by atoms with Crippen LogP contribution in [0.5, 0.6) is 0 Å². The van der Waals surface area contributed by atoms with Crippen molar-refractivity contribution in [2.24, 2.45) is 5.73 Å². The zero-order valence-corrected chi connectivity index (χ0v) is 11.4. The van der Waals surface area contributed by atoms with Gasteiger partial charge in [0.05, 0.1) is 6.10 Å². The molecular weight excluding hydrogens is 272 g/mol. The van der Waals surface area contributed by atoms with Crippen molar-refractivity contribution in [3.05, 3.63) is 30.7 Å². The van der Waals surface area contributed by atoms with E-state index >= 15 is 0 Å². The van der Waals surface area contributed by atoms with Gasteiger partial charge in [0.1, 0.15) is 6.10 Å². The van der Waals surface area contributed by atoms with Crippen molar-refractivity contribution >= 4 is 11.6 Å². The molecular formula is C14H16N4O3. The molecule has 2 heterocycles. The van der Waals surface area contributed by atoms with Crippen LogP contribution in [0.25, 0.3) is 11.4 Å². The number of amides is 1. The van der Waals surface area contributed by atoms with E-state index in [2.05, 4.69) is 15.5 Å². The van der Waals surface area contributed by atoms with Gasteiger partial charge in [-0.05, 0) is 37.1 Å². The Hall–Kier alpha value is -2.25. The average Bonchev–Trinajstić information content (AvgIpc) is 3.19. The quantitative estimate of drug-likeness (QED) is 0.875. The normalized spacial score (nSPS) is 21.4. The lowest BCUT2D eigenvalue weighted by atomic mass is 10.1. The van der Waals surface area contributed by atoms with Crippen LogP contribution in [-0.4, -0.2) is 34.8 Å². The molecule has 7 heteroatoms. The summed E-state index contributed by atoms with van der Waals surface area (Å²) in [6.07, 6.45) is 2.37. The largest absolute Gasteiger partial charge is 0.364 e. The molecule has 1 saturated heterocycles. The number of carbonyl (C=O) groups excluding carboxylic acids is 1. The zero-order valence-electron chi connectivity index (χ0n) is 11.4. The molecule has 0 radical (unpaired) electrons. The highest BCUT2D eigenvalue weighted by atomic mass is 16.5. The first-order chi connectivity index (χ1) is 10.3. The van der Waals surface area contributed by atoms with Gasteiger partial charge in [0, 0.05) is 17.8 Å². The first-order valence-electron chi connectivity index (χ1n) is 6.79. The fraction of sp³-hybridized carbons (Fsp3) is 0.357. The second-order valence-electron chi connectivity index (χ2n) is 4.88. The molecule has 1 aromatic carbocycles. The Kier molecular flexibility index (Phi) is 3.94. The Balaban J connectivity index is 1.62. The van der Waals surface area contributed by atoms with Gasteiger partial charge in [-0.2, -0.15) is 4.98 Å². The Morgan fingerprint density at radius 1 is 1.33 bits per heavy atom. The number of hydrogen-bond donors (Lipinski definition) is 2. The monoisotopic (exact) mass is 288 g/mol. The molecule has 1 aliphatic rings. The van der Waals surface area contributed by atoms with Crippen molar-refractivity contribution < 1.29 is 14.1 Å². The van der Waals surface area contributed by atoms with Crippen molar-refractivity contribution in [3.63, 3.8) is 0 Å². The first-order valence-corrected chi connectivity index (χ1v) is 6.79. The van der Waals surface area contributed by atoms with E-state index in [0.717, 1.165) is 12.0 Å². The highest BCUT2D eigenvalue weighted by Gasteiger charge is 2.29. The standard InChI is InChI=1S/C14H16N4O3/c15-7-11-5-6-12(21-11)14(19)17-10-3-1-9(2-4-10)13-16-8-20-18-13/h1-4,8,11-12H,5-7,15H2,(H,17,19)/t11-,12+/m1/s1. The van der Waals surface area contributed by atoms with Crippen LogP contribution < -0.4 is 11.1 Å². The van der Waals surface area contributed by atoms with Crippen LogP contribution in [0.3, 0.4) is 0 Å². The fourth-order valence-corrected chi connectivity index (χ4v) is 2.30. The Labute approximate surface area is 121 Å². The van der Waals surface area contributed by atoms with E-state index in [0.29, 0.717) is 24.5 Å². The molecule has 1 aromatic heterocycles. The van der Waals surface area contributed by atoms with E-state index in [1.807, 2.05) is 12.1 Å². The van der Waals surface area contributed by atoms with Crippen LogP contribution >= 0.6 is 0 Å². The molecule has 1 amide bonds. The third-order valence-corrected chi connectivity index (χ3v) is 3.43. The molecule has 1 aliphatic heterocycles. The molecule has 3 rings (SSSR count). The van der Waals surface area contributed by atoms with Gasteiger partial charge in [0.25, 0.3) is 5.91 Å². The SMILES string of the molecule is NC[C@H]1CC[C@@H](C(=O)Nc2ccc(-c3ncon3)cc2)O1. The summed E-state index contributed by atoms with van der Waals surface area (Å²) in [4.78, 5) is 16.0. The van der Waals surface area contributed by atoms with Gasteiger partial charge in [0.2, 0.25) is 12.2 Å². The van der Waals surface area contributed by atoms with Crippen molar-refractivity contribution in [2.45, 2.75) is 25.0 Å². The maximum atomic E-state index is 12.1. The van der Waals surface area contributed by atoms with E-state index in [1.165, 1.54) is 6.39 Å². The van der Waals surface area contributed by atoms with E-state index in [1.54, 1.807) is 12.1 Å². The Morgan fingerprint density at radius 3 is 2.76 bits per heavy atom. The highest BCUT2D eigenvalue weighted by Crippen LogP contribution is 2.22. The van der Waals surface area contributed by atoms with E-state index in [4.69, 9.17) is 15.0 Å². The Morgan fingerprint density at radius 2 is 2.14 bits per heavy atom. The number of nitrogens with two attached hydrogens (primary N) is 1. The number of anilines is 1. The lowest BCUT2D eigenvalue weighted by Crippen LogP contribution is -2.29. The predicted octanol–water partition coefficient (Wildman–Crippen LogP) is 1.18. The van der Waals surface area contributed by atoms with Gasteiger partial charge in [-0.15, -0.1) is 0 Å². The number of nitrogens with zero attached hydrogens (tertiary/aromatic N) is 2. The van der Waals surface area contributed by atoms with Crippen LogP contribution in [0.2, 0.25) is 0 Å². The number of rotatable bonds is 4. The number of aromatic nitrogens is 2. The van der Waals surface area contributed by atoms with Gasteiger partial charge in [0.15, 0.2) is 0 Å². The zero-order chi connectivity index (χ0) is 14.7. The third kappa shape index (κ3) is 3.09. The Bertz CT molecular complexity index is 597.